The Bertz CT molecular complexity index is 1040. The van der Waals surface area contributed by atoms with E-state index in [9.17, 15) is 9.70 Å². The van der Waals surface area contributed by atoms with Crippen LogP contribution in [-0.4, -0.2) is 42.1 Å². The van der Waals surface area contributed by atoms with Crippen LogP contribution in [0, 0.1) is 11.8 Å². The molecule has 2 heterocycles. The quantitative estimate of drug-likeness (QED) is 0.584. The fourth-order valence-corrected chi connectivity index (χ4v) is 3.83. The number of amides is 1. The fourth-order valence-electron chi connectivity index (χ4n) is 3.53. The highest BCUT2D eigenvalue weighted by molar-refractivity contribution is 6.33. The Labute approximate surface area is 172 Å². The maximum Gasteiger partial charge on any atom is 0.259 e. The summed E-state index contributed by atoms with van der Waals surface area (Å²) in [5.41, 5.74) is 3.04. The van der Waals surface area contributed by atoms with Crippen LogP contribution in [0.1, 0.15) is 16.1 Å². The summed E-state index contributed by atoms with van der Waals surface area (Å²) in [4.78, 5) is 27.8. The summed E-state index contributed by atoms with van der Waals surface area (Å²) >= 11 is 6.29. The molecule has 1 amide bonds. The Balaban J connectivity index is 1.51. The van der Waals surface area contributed by atoms with Crippen LogP contribution in [0.2, 0.25) is 5.02 Å². The molecule has 1 saturated heterocycles. The molecule has 2 aromatic carbocycles. The Kier molecular flexibility index (Phi) is 5.31. The monoisotopic (exact) mass is 410 g/mol. The minimum absolute atomic E-state index is 0.0890. The van der Waals surface area contributed by atoms with Crippen molar-refractivity contribution in [3.63, 3.8) is 0 Å². The summed E-state index contributed by atoms with van der Waals surface area (Å²) in [5, 5.41) is 7.48. The first kappa shape index (κ1) is 19.1. The highest BCUT2D eigenvalue weighted by Crippen LogP contribution is 2.31. The van der Waals surface area contributed by atoms with Gasteiger partial charge in [0.05, 0.1) is 10.7 Å². The van der Waals surface area contributed by atoms with Gasteiger partial charge in [-0.15, -0.1) is 4.91 Å². The number of nitrogens with zero attached hydrogens (tertiary/aromatic N) is 4. The Morgan fingerprint density at radius 2 is 1.83 bits per heavy atom. The predicted octanol–water partition coefficient (Wildman–Crippen LogP) is 4.66. The summed E-state index contributed by atoms with van der Waals surface area (Å²) in [6.07, 6.45) is 0. The van der Waals surface area contributed by atoms with Crippen molar-refractivity contribution in [3.05, 3.63) is 69.8 Å². The molecule has 1 fully saturated rings. The van der Waals surface area contributed by atoms with Crippen LogP contribution in [0.3, 0.4) is 0 Å². The number of hydrogen-bond donors (Lipinski definition) is 0. The van der Waals surface area contributed by atoms with Crippen LogP contribution in [0.5, 0.6) is 0 Å². The third kappa shape index (κ3) is 3.73. The van der Waals surface area contributed by atoms with E-state index < -0.39 is 0 Å². The summed E-state index contributed by atoms with van der Waals surface area (Å²) in [6.45, 7) is 4.10. The van der Waals surface area contributed by atoms with Gasteiger partial charge in [-0.1, -0.05) is 47.1 Å². The van der Waals surface area contributed by atoms with Crippen molar-refractivity contribution < 1.29 is 9.32 Å². The molecule has 3 aromatic rings. The number of anilines is 1. The van der Waals surface area contributed by atoms with Crippen molar-refractivity contribution in [1.82, 2.24) is 10.1 Å². The van der Waals surface area contributed by atoms with Crippen molar-refractivity contribution in [2.75, 3.05) is 31.1 Å². The number of piperazine rings is 1. The van der Waals surface area contributed by atoms with Gasteiger partial charge in [-0.3, -0.25) is 4.79 Å². The van der Waals surface area contributed by atoms with Crippen LogP contribution < -0.4 is 4.90 Å². The summed E-state index contributed by atoms with van der Waals surface area (Å²) in [6, 6.07) is 14.5. The SMILES string of the molecule is Cc1onc(-c2ccccc2)c1C(=O)N1CCN(c2ccc(N=O)cc2Cl)CC1. The molecule has 0 N–H and O–H groups in total. The van der Waals surface area contributed by atoms with Gasteiger partial charge in [0, 0.05) is 31.7 Å². The van der Waals surface area contributed by atoms with Crippen molar-refractivity contribution in [1.29, 1.82) is 0 Å². The number of hydrogen-bond acceptors (Lipinski definition) is 6. The molecule has 148 valence electrons. The largest absolute Gasteiger partial charge is 0.367 e. The normalized spacial score (nSPS) is 14.1. The topological polar surface area (TPSA) is 79.0 Å². The zero-order chi connectivity index (χ0) is 20.4. The lowest BCUT2D eigenvalue weighted by atomic mass is 10.0. The van der Waals surface area contributed by atoms with Gasteiger partial charge in [0.25, 0.3) is 5.91 Å². The molecular weight excluding hydrogens is 392 g/mol. The molecule has 4 rings (SSSR count). The highest BCUT2D eigenvalue weighted by Gasteiger charge is 2.29. The molecule has 0 saturated carbocycles. The zero-order valence-corrected chi connectivity index (χ0v) is 16.6. The van der Waals surface area contributed by atoms with E-state index in [-0.39, 0.29) is 5.91 Å². The summed E-state index contributed by atoms with van der Waals surface area (Å²) in [7, 11) is 0. The number of aryl methyl sites for hydroxylation is 1. The van der Waals surface area contributed by atoms with E-state index in [4.69, 9.17) is 16.1 Å². The molecule has 0 atom stereocenters. The summed E-state index contributed by atoms with van der Waals surface area (Å²) < 4.78 is 5.33. The number of halogens is 1. The molecule has 0 spiro atoms. The Hall–Kier alpha value is -3.19. The minimum atomic E-state index is -0.0890. The van der Waals surface area contributed by atoms with Crippen molar-refractivity contribution in [2.45, 2.75) is 6.92 Å². The average molecular weight is 411 g/mol. The Morgan fingerprint density at radius 3 is 2.48 bits per heavy atom. The first-order valence-corrected chi connectivity index (χ1v) is 9.65. The third-order valence-electron chi connectivity index (χ3n) is 5.07. The molecule has 0 radical (unpaired) electrons. The molecule has 0 aliphatic carbocycles. The maximum absolute atomic E-state index is 13.2. The van der Waals surface area contributed by atoms with Gasteiger partial charge in [0.2, 0.25) is 0 Å². The molecule has 8 heteroatoms. The number of carbonyl (C=O) groups is 1. The van der Waals surface area contributed by atoms with Crippen LogP contribution in [0.4, 0.5) is 11.4 Å². The lowest BCUT2D eigenvalue weighted by Gasteiger charge is -2.36. The van der Waals surface area contributed by atoms with Crippen LogP contribution in [0.25, 0.3) is 11.3 Å². The van der Waals surface area contributed by atoms with Gasteiger partial charge < -0.3 is 14.3 Å². The molecule has 29 heavy (non-hydrogen) atoms. The summed E-state index contributed by atoms with van der Waals surface area (Å²) in [5.74, 6) is 0.421. The van der Waals surface area contributed by atoms with Crippen LogP contribution in [-0.2, 0) is 0 Å². The van der Waals surface area contributed by atoms with Gasteiger partial charge >= 0.3 is 0 Å². The van der Waals surface area contributed by atoms with E-state index in [0.717, 1.165) is 11.3 Å². The number of nitroso groups, excluding NO2 is 1. The van der Waals surface area contributed by atoms with E-state index >= 15 is 0 Å². The van der Waals surface area contributed by atoms with E-state index in [1.807, 2.05) is 30.3 Å². The third-order valence-corrected chi connectivity index (χ3v) is 5.37. The van der Waals surface area contributed by atoms with E-state index in [0.29, 0.717) is 53.9 Å². The number of benzene rings is 2. The molecule has 0 bridgehead atoms. The van der Waals surface area contributed by atoms with Gasteiger partial charge in [-0.05, 0) is 30.3 Å². The van der Waals surface area contributed by atoms with E-state index in [1.54, 1.807) is 30.0 Å². The molecule has 0 unspecified atom stereocenters. The molecule has 1 aromatic heterocycles. The van der Waals surface area contributed by atoms with Gasteiger partial charge in [-0.25, -0.2) is 0 Å². The second-order valence-corrected chi connectivity index (χ2v) is 7.24. The second kappa shape index (κ2) is 8.05. The molecule has 1 aliphatic heterocycles. The lowest BCUT2D eigenvalue weighted by Crippen LogP contribution is -2.49. The fraction of sp³-hybridized carbons (Fsp3) is 0.238. The van der Waals surface area contributed by atoms with Gasteiger partial charge in [0.15, 0.2) is 0 Å². The average Bonchev–Trinajstić information content (AvgIpc) is 3.15. The van der Waals surface area contributed by atoms with Crippen LogP contribution in [0.15, 0.2) is 58.2 Å². The van der Waals surface area contributed by atoms with Crippen molar-refractivity contribution >= 4 is 28.9 Å². The van der Waals surface area contributed by atoms with Gasteiger partial charge in [-0.2, -0.15) is 0 Å². The molecular formula is C21H19ClN4O3. The number of aromatic nitrogens is 1. The minimum Gasteiger partial charge on any atom is -0.367 e. The highest BCUT2D eigenvalue weighted by atomic mass is 35.5. The first-order valence-electron chi connectivity index (χ1n) is 9.27. The Morgan fingerprint density at radius 1 is 1.10 bits per heavy atom. The van der Waals surface area contributed by atoms with E-state index in [2.05, 4.69) is 15.2 Å². The first-order chi connectivity index (χ1) is 14.1. The smallest absolute Gasteiger partial charge is 0.259 e. The van der Waals surface area contributed by atoms with Crippen molar-refractivity contribution in [3.8, 4) is 11.3 Å². The number of carbonyl (C=O) groups excluding carboxylic acids is 1. The van der Waals surface area contributed by atoms with Gasteiger partial charge in [0.1, 0.15) is 22.7 Å². The molecule has 1 aliphatic rings. The zero-order valence-electron chi connectivity index (χ0n) is 15.8. The lowest BCUT2D eigenvalue weighted by molar-refractivity contribution is 0.0745. The number of rotatable bonds is 4. The standard InChI is InChI=1S/C21H19ClN4O3/c1-14-19(20(24-29-14)15-5-3-2-4-6-15)21(27)26-11-9-25(10-12-26)18-8-7-16(23-28)13-17(18)22/h2-8,13H,9-12H2,1H3. The second-order valence-electron chi connectivity index (χ2n) is 6.83. The molecule has 7 nitrogen and oxygen atoms in total. The predicted molar refractivity (Wildman–Crippen MR) is 112 cm³/mol. The maximum atomic E-state index is 13.2. The van der Waals surface area contributed by atoms with Crippen molar-refractivity contribution in [2.24, 2.45) is 5.18 Å². The van der Waals surface area contributed by atoms with Crippen LogP contribution >= 0.6 is 11.6 Å². The van der Waals surface area contributed by atoms with E-state index in [1.165, 1.54) is 0 Å².